The number of likely N-dealkylation sites (tertiary alicyclic amines) is 1. The van der Waals surface area contributed by atoms with E-state index in [1.54, 1.807) is 6.07 Å². The van der Waals surface area contributed by atoms with Gasteiger partial charge in [0, 0.05) is 11.4 Å². The summed E-state index contributed by atoms with van der Waals surface area (Å²) in [6, 6.07) is 9.89. The van der Waals surface area contributed by atoms with E-state index in [9.17, 15) is 14.4 Å². The summed E-state index contributed by atoms with van der Waals surface area (Å²) in [7, 11) is 0. The number of benzene rings is 1. The molecule has 9 heteroatoms. The minimum atomic E-state index is -0.763. The largest absolute Gasteiger partial charge is 0.456 e. The molecule has 2 aromatic rings. The zero-order valence-corrected chi connectivity index (χ0v) is 16.0. The molecule has 8 nitrogen and oxygen atoms in total. The van der Waals surface area contributed by atoms with Gasteiger partial charge in [0.05, 0.1) is 12.2 Å². The van der Waals surface area contributed by atoms with Gasteiger partial charge in [-0.05, 0) is 30.9 Å². The smallest absolute Gasteiger partial charge is 0.350 e. The molecule has 0 radical (unpaired) electrons. The van der Waals surface area contributed by atoms with Crippen LogP contribution in [0.4, 0.5) is 15.3 Å². The molecule has 0 aliphatic carbocycles. The molecule has 148 valence electrons. The highest BCUT2D eigenvalue weighted by molar-refractivity contribution is 7.18. The van der Waals surface area contributed by atoms with Crippen molar-refractivity contribution in [3.63, 3.8) is 0 Å². The first-order valence-electron chi connectivity index (χ1n) is 8.95. The summed E-state index contributed by atoms with van der Waals surface area (Å²) in [6.07, 6.45) is 1.83. The van der Waals surface area contributed by atoms with Crippen LogP contribution in [0.3, 0.4) is 0 Å². The molecule has 0 bridgehead atoms. The van der Waals surface area contributed by atoms with Gasteiger partial charge in [0.15, 0.2) is 0 Å². The van der Waals surface area contributed by atoms with Crippen LogP contribution in [-0.4, -0.2) is 42.1 Å². The summed E-state index contributed by atoms with van der Waals surface area (Å²) in [5.41, 5.74) is 11.8. The van der Waals surface area contributed by atoms with Gasteiger partial charge in [0.1, 0.15) is 11.0 Å². The lowest BCUT2D eigenvalue weighted by Gasteiger charge is -2.22. The van der Waals surface area contributed by atoms with Crippen LogP contribution >= 0.6 is 11.3 Å². The minimum absolute atomic E-state index is 0.257. The number of rotatable bonds is 4. The van der Waals surface area contributed by atoms with Crippen molar-refractivity contribution in [1.82, 2.24) is 4.90 Å². The quantitative estimate of drug-likeness (QED) is 0.679. The SMILES string of the molecule is NC(=O)Nc1cc(-c2ccccc2)sc1C(=O)OC1CCCCN(C(N)=O)C1. The number of carbonyl (C=O) groups is 3. The Morgan fingerprint density at radius 3 is 2.57 bits per heavy atom. The Labute approximate surface area is 166 Å². The molecule has 1 aliphatic rings. The molecule has 1 aromatic heterocycles. The lowest BCUT2D eigenvalue weighted by molar-refractivity contribution is 0.0247. The molecule has 1 aliphatic heterocycles. The van der Waals surface area contributed by atoms with Crippen LogP contribution in [0, 0.1) is 0 Å². The van der Waals surface area contributed by atoms with Gasteiger partial charge in [-0.1, -0.05) is 30.3 Å². The van der Waals surface area contributed by atoms with Crippen LogP contribution in [0.2, 0.25) is 0 Å². The molecule has 0 spiro atoms. The summed E-state index contributed by atoms with van der Waals surface area (Å²) >= 11 is 1.21. The van der Waals surface area contributed by atoms with Crippen molar-refractivity contribution in [2.45, 2.75) is 25.4 Å². The lowest BCUT2D eigenvalue weighted by Crippen LogP contribution is -2.41. The number of nitrogens with two attached hydrogens (primary N) is 2. The van der Waals surface area contributed by atoms with Gasteiger partial charge in [-0.2, -0.15) is 0 Å². The van der Waals surface area contributed by atoms with E-state index in [2.05, 4.69) is 5.32 Å². The highest BCUT2D eigenvalue weighted by Gasteiger charge is 2.26. The first kappa shape index (κ1) is 19.7. The van der Waals surface area contributed by atoms with E-state index >= 15 is 0 Å². The monoisotopic (exact) mass is 402 g/mol. The van der Waals surface area contributed by atoms with Crippen molar-refractivity contribution < 1.29 is 19.1 Å². The van der Waals surface area contributed by atoms with Crippen molar-refractivity contribution >= 4 is 35.1 Å². The number of primary amides is 2. The van der Waals surface area contributed by atoms with E-state index in [0.29, 0.717) is 18.7 Å². The number of ether oxygens (including phenoxy) is 1. The molecule has 4 amide bonds. The van der Waals surface area contributed by atoms with Crippen molar-refractivity contribution in [1.29, 1.82) is 0 Å². The fraction of sp³-hybridized carbons (Fsp3) is 0.316. The minimum Gasteiger partial charge on any atom is -0.456 e. The molecule has 1 unspecified atom stereocenters. The second-order valence-electron chi connectivity index (χ2n) is 6.52. The molecule has 1 saturated heterocycles. The number of hydrogen-bond donors (Lipinski definition) is 3. The van der Waals surface area contributed by atoms with Crippen LogP contribution in [0.1, 0.15) is 28.9 Å². The Morgan fingerprint density at radius 1 is 1.14 bits per heavy atom. The number of nitrogens with one attached hydrogen (secondary N) is 1. The van der Waals surface area contributed by atoms with Crippen LogP contribution in [0.5, 0.6) is 0 Å². The van der Waals surface area contributed by atoms with Crippen LogP contribution in [-0.2, 0) is 4.74 Å². The van der Waals surface area contributed by atoms with E-state index in [1.165, 1.54) is 16.2 Å². The molecule has 0 saturated carbocycles. The van der Waals surface area contributed by atoms with Gasteiger partial charge in [-0.25, -0.2) is 14.4 Å². The van der Waals surface area contributed by atoms with E-state index in [4.69, 9.17) is 16.2 Å². The van der Waals surface area contributed by atoms with Crippen molar-refractivity contribution in [2.75, 3.05) is 18.4 Å². The molecular formula is C19H22N4O4S. The first-order chi connectivity index (χ1) is 13.4. The van der Waals surface area contributed by atoms with Gasteiger partial charge >= 0.3 is 18.0 Å². The summed E-state index contributed by atoms with van der Waals surface area (Å²) < 4.78 is 5.64. The van der Waals surface area contributed by atoms with E-state index < -0.39 is 24.1 Å². The van der Waals surface area contributed by atoms with Gasteiger partial charge in [-0.15, -0.1) is 11.3 Å². The van der Waals surface area contributed by atoms with Crippen molar-refractivity contribution in [3.8, 4) is 10.4 Å². The van der Waals surface area contributed by atoms with Gasteiger partial charge in [0.2, 0.25) is 0 Å². The predicted molar refractivity (Wildman–Crippen MR) is 107 cm³/mol. The zero-order valence-electron chi connectivity index (χ0n) is 15.2. The van der Waals surface area contributed by atoms with Crippen LogP contribution < -0.4 is 16.8 Å². The average Bonchev–Trinajstić information content (AvgIpc) is 2.92. The average molecular weight is 402 g/mol. The van der Waals surface area contributed by atoms with Gasteiger partial charge < -0.3 is 26.4 Å². The van der Waals surface area contributed by atoms with E-state index in [0.717, 1.165) is 23.3 Å². The maximum atomic E-state index is 12.8. The summed E-state index contributed by atoms with van der Waals surface area (Å²) in [4.78, 5) is 38.2. The Kier molecular flexibility index (Phi) is 6.15. The standard InChI is InChI=1S/C19H22N4O4S/c20-18(25)22-14-10-15(12-6-2-1-3-7-12)28-16(14)17(24)27-13-8-4-5-9-23(11-13)19(21)26/h1-3,6-7,10,13H,4-5,8-9,11H2,(H2,21,26)(H3,20,22,25). The maximum absolute atomic E-state index is 12.8. The molecule has 3 rings (SSSR count). The summed E-state index contributed by atoms with van der Waals surface area (Å²) in [6.45, 7) is 0.811. The normalized spacial score (nSPS) is 16.9. The number of anilines is 1. The number of nitrogens with zero attached hydrogens (tertiary/aromatic N) is 1. The maximum Gasteiger partial charge on any atom is 0.350 e. The summed E-state index contributed by atoms with van der Waals surface area (Å²) in [5, 5.41) is 2.48. The molecule has 1 fully saturated rings. The van der Waals surface area contributed by atoms with Crippen LogP contribution in [0.15, 0.2) is 36.4 Å². The first-order valence-corrected chi connectivity index (χ1v) is 9.76. The fourth-order valence-corrected chi connectivity index (χ4v) is 4.12. The zero-order chi connectivity index (χ0) is 20.1. The molecule has 1 aromatic carbocycles. The van der Waals surface area contributed by atoms with Crippen LogP contribution in [0.25, 0.3) is 10.4 Å². The Morgan fingerprint density at radius 2 is 1.89 bits per heavy atom. The third kappa shape index (κ3) is 4.80. The predicted octanol–water partition coefficient (Wildman–Crippen LogP) is 3.00. The van der Waals surface area contributed by atoms with Gasteiger partial charge in [0.25, 0.3) is 0 Å². The number of carbonyl (C=O) groups excluding carboxylic acids is 3. The number of thiophene rings is 1. The van der Waals surface area contributed by atoms with E-state index in [-0.39, 0.29) is 11.4 Å². The van der Waals surface area contributed by atoms with Gasteiger partial charge in [-0.3, -0.25) is 0 Å². The number of urea groups is 2. The lowest BCUT2D eigenvalue weighted by atomic mass is 10.2. The highest BCUT2D eigenvalue weighted by Crippen LogP contribution is 2.35. The third-order valence-electron chi connectivity index (χ3n) is 4.45. The number of amides is 4. The fourth-order valence-electron chi connectivity index (χ4n) is 3.12. The number of esters is 1. The van der Waals surface area contributed by atoms with Crippen molar-refractivity contribution in [3.05, 3.63) is 41.3 Å². The second-order valence-corrected chi connectivity index (χ2v) is 7.57. The van der Waals surface area contributed by atoms with Crippen molar-refractivity contribution in [2.24, 2.45) is 11.5 Å². The number of hydrogen-bond acceptors (Lipinski definition) is 5. The summed E-state index contributed by atoms with van der Waals surface area (Å²) in [5.74, 6) is -0.563. The topological polar surface area (TPSA) is 128 Å². The van der Waals surface area contributed by atoms with E-state index in [1.807, 2.05) is 30.3 Å². The molecule has 5 N–H and O–H groups in total. The second kappa shape index (κ2) is 8.75. The Balaban J connectivity index is 1.82. The molecule has 1 atom stereocenters. The highest BCUT2D eigenvalue weighted by atomic mass is 32.1. The Hall–Kier alpha value is -3.07. The molecule has 28 heavy (non-hydrogen) atoms. The molecule has 2 heterocycles. The molecular weight excluding hydrogens is 380 g/mol. The third-order valence-corrected chi connectivity index (χ3v) is 5.61. The Bertz CT molecular complexity index is 868.